The second kappa shape index (κ2) is 7.93. The van der Waals surface area contributed by atoms with Crippen molar-refractivity contribution in [1.29, 1.82) is 0 Å². The highest BCUT2D eigenvalue weighted by Crippen LogP contribution is 2.18. The summed E-state index contributed by atoms with van der Waals surface area (Å²) < 4.78 is 12.9. The van der Waals surface area contributed by atoms with Gasteiger partial charge in [0, 0.05) is 5.92 Å². The number of hydrogen-bond donors (Lipinski definition) is 0. The van der Waals surface area contributed by atoms with E-state index in [0.717, 1.165) is 29.9 Å². The lowest BCUT2D eigenvalue weighted by molar-refractivity contribution is 0.592. The SMILES string of the molecule is C=C(C)C(/C=C/CCC(C)C)Cc1ccc(F)cc1. The van der Waals surface area contributed by atoms with Crippen molar-refractivity contribution in [3.8, 4) is 0 Å². The van der Waals surface area contributed by atoms with Crippen LogP contribution in [0.15, 0.2) is 48.6 Å². The predicted octanol–water partition coefficient (Wildman–Crippen LogP) is 5.55. The van der Waals surface area contributed by atoms with Crippen molar-refractivity contribution >= 4 is 0 Å². The molecule has 1 unspecified atom stereocenters. The average molecular weight is 260 g/mol. The predicted molar refractivity (Wildman–Crippen MR) is 81.6 cm³/mol. The van der Waals surface area contributed by atoms with Crippen LogP contribution in [-0.4, -0.2) is 0 Å². The molecule has 0 amide bonds. The molecule has 0 aliphatic rings. The van der Waals surface area contributed by atoms with E-state index in [1.165, 1.54) is 18.6 Å². The Bertz CT molecular complexity index is 412. The van der Waals surface area contributed by atoms with Crippen LogP contribution in [0.3, 0.4) is 0 Å². The Morgan fingerprint density at radius 2 is 1.89 bits per heavy atom. The maximum atomic E-state index is 12.9. The first-order valence-corrected chi connectivity index (χ1v) is 7.05. The molecular formula is C18H25F. The highest BCUT2D eigenvalue weighted by Gasteiger charge is 2.07. The van der Waals surface area contributed by atoms with Crippen LogP contribution in [0.4, 0.5) is 4.39 Å². The van der Waals surface area contributed by atoms with Gasteiger partial charge in [0.05, 0.1) is 0 Å². The molecular weight excluding hydrogens is 235 g/mol. The second-order valence-corrected chi connectivity index (χ2v) is 5.68. The van der Waals surface area contributed by atoms with Gasteiger partial charge in [-0.05, 0) is 49.8 Å². The minimum Gasteiger partial charge on any atom is -0.207 e. The molecule has 0 aliphatic heterocycles. The molecule has 0 radical (unpaired) electrons. The molecule has 1 rings (SSSR count). The van der Waals surface area contributed by atoms with Gasteiger partial charge < -0.3 is 0 Å². The zero-order valence-corrected chi connectivity index (χ0v) is 12.3. The molecule has 0 fully saturated rings. The van der Waals surface area contributed by atoms with E-state index in [1.54, 1.807) is 0 Å². The molecule has 0 aromatic heterocycles. The maximum absolute atomic E-state index is 12.9. The van der Waals surface area contributed by atoms with Gasteiger partial charge in [0.1, 0.15) is 5.82 Å². The smallest absolute Gasteiger partial charge is 0.123 e. The largest absolute Gasteiger partial charge is 0.207 e. The summed E-state index contributed by atoms with van der Waals surface area (Å²) in [6, 6.07) is 6.75. The Morgan fingerprint density at radius 1 is 1.26 bits per heavy atom. The topological polar surface area (TPSA) is 0 Å². The molecule has 0 nitrogen and oxygen atoms in total. The third-order valence-corrected chi connectivity index (χ3v) is 3.28. The van der Waals surface area contributed by atoms with Gasteiger partial charge in [-0.15, -0.1) is 0 Å². The quantitative estimate of drug-likeness (QED) is 0.564. The van der Waals surface area contributed by atoms with Crippen molar-refractivity contribution in [2.24, 2.45) is 11.8 Å². The second-order valence-electron chi connectivity index (χ2n) is 5.68. The molecule has 0 spiro atoms. The standard InChI is InChI=1S/C18H25F/c1-14(2)7-5-6-8-17(15(3)4)13-16-9-11-18(19)12-10-16/h6,8-12,14,17H,3,5,7,13H2,1-2,4H3/b8-6+. The lowest BCUT2D eigenvalue weighted by atomic mass is 9.92. The fourth-order valence-electron chi connectivity index (χ4n) is 1.97. The van der Waals surface area contributed by atoms with Crippen LogP contribution in [0.5, 0.6) is 0 Å². The summed E-state index contributed by atoms with van der Waals surface area (Å²) in [4.78, 5) is 0. The zero-order chi connectivity index (χ0) is 14.3. The molecule has 0 N–H and O–H groups in total. The maximum Gasteiger partial charge on any atom is 0.123 e. The van der Waals surface area contributed by atoms with Gasteiger partial charge in [-0.1, -0.05) is 50.3 Å². The van der Waals surface area contributed by atoms with Crippen molar-refractivity contribution < 1.29 is 4.39 Å². The molecule has 19 heavy (non-hydrogen) atoms. The van der Waals surface area contributed by atoms with E-state index < -0.39 is 0 Å². The summed E-state index contributed by atoms with van der Waals surface area (Å²) >= 11 is 0. The number of halogens is 1. The number of benzene rings is 1. The van der Waals surface area contributed by atoms with Gasteiger partial charge in [-0.3, -0.25) is 0 Å². The molecule has 0 saturated carbocycles. The summed E-state index contributed by atoms with van der Waals surface area (Å²) in [5.41, 5.74) is 2.31. The van der Waals surface area contributed by atoms with Crippen molar-refractivity contribution in [1.82, 2.24) is 0 Å². The summed E-state index contributed by atoms with van der Waals surface area (Å²) in [7, 11) is 0. The Balaban J connectivity index is 2.58. The minimum absolute atomic E-state index is 0.178. The van der Waals surface area contributed by atoms with Crippen LogP contribution < -0.4 is 0 Å². The Kier molecular flexibility index (Phi) is 6.55. The van der Waals surface area contributed by atoms with Gasteiger partial charge in [0.25, 0.3) is 0 Å². The first kappa shape index (κ1) is 15.7. The highest BCUT2D eigenvalue weighted by atomic mass is 19.1. The van der Waals surface area contributed by atoms with Gasteiger partial charge in [0.15, 0.2) is 0 Å². The number of allylic oxidation sites excluding steroid dienone is 3. The normalized spacial score (nSPS) is 13.1. The van der Waals surface area contributed by atoms with Crippen LogP contribution in [-0.2, 0) is 6.42 Å². The molecule has 1 atom stereocenters. The summed E-state index contributed by atoms with van der Waals surface area (Å²) in [5.74, 6) is 0.908. The third kappa shape index (κ3) is 6.37. The molecule has 1 heteroatoms. The van der Waals surface area contributed by atoms with Crippen LogP contribution in [0, 0.1) is 17.7 Å². The van der Waals surface area contributed by atoms with Gasteiger partial charge in [-0.2, -0.15) is 0 Å². The van der Waals surface area contributed by atoms with E-state index in [-0.39, 0.29) is 5.82 Å². The minimum atomic E-state index is -0.178. The lowest BCUT2D eigenvalue weighted by Crippen LogP contribution is -2.02. The molecule has 1 aromatic rings. The van der Waals surface area contributed by atoms with E-state index in [0.29, 0.717) is 5.92 Å². The molecule has 1 aromatic carbocycles. The molecule has 0 heterocycles. The molecule has 0 aliphatic carbocycles. The van der Waals surface area contributed by atoms with Crippen molar-refractivity contribution in [2.45, 2.75) is 40.0 Å². The Morgan fingerprint density at radius 3 is 2.42 bits per heavy atom. The summed E-state index contributed by atoms with van der Waals surface area (Å²) in [5, 5.41) is 0. The van der Waals surface area contributed by atoms with E-state index >= 15 is 0 Å². The summed E-state index contributed by atoms with van der Waals surface area (Å²) in [6.07, 6.45) is 7.73. The van der Waals surface area contributed by atoms with Crippen LogP contribution >= 0.6 is 0 Å². The molecule has 0 saturated heterocycles. The Hall–Kier alpha value is -1.37. The van der Waals surface area contributed by atoms with Gasteiger partial charge in [-0.25, -0.2) is 4.39 Å². The average Bonchev–Trinajstić information content (AvgIpc) is 2.35. The van der Waals surface area contributed by atoms with Crippen LogP contribution in [0.25, 0.3) is 0 Å². The van der Waals surface area contributed by atoms with Gasteiger partial charge in [0.2, 0.25) is 0 Å². The highest BCUT2D eigenvalue weighted by molar-refractivity contribution is 5.20. The zero-order valence-electron chi connectivity index (χ0n) is 12.3. The summed E-state index contributed by atoms with van der Waals surface area (Å²) in [6.45, 7) is 10.6. The molecule has 104 valence electrons. The lowest BCUT2D eigenvalue weighted by Gasteiger charge is -2.13. The van der Waals surface area contributed by atoms with E-state index in [1.807, 2.05) is 12.1 Å². The fraction of sp³-hybridized carbons (Fsp3) is 0.444. The van der Waals surface area contributed by atoms with Crippen molar-refractivity contribution in [3.05, 3.63) is 60.0 Å². The van der Waals surface area contributed by atoms with Crippen molar-refractivity contribution in [3.63, 3.8) is 0 Å². The monoisotopic (exact) mass is 260 g/mol. The number of rotatable bonds is 7. The Labute approximate surface area is 117 Å². The fourth-order valence-corrected chi connectivity index (χ4v) is 1.97. The first-order valence-electron chi connectivity index (χ1n) is 7.05. The third-order valence-electron chi connectivity index (χ3n) is 3.28. The van der Waals surface area contributed by atoms with E-state index in [9.17, 15) is 4.39 Å². The number of hydrogen-bond acceptors (Lipinski definition) is 0. The van der Waals surface area contributed by atoms with E-state index in [2.05, 4.69) is 39.5 Å². The van der Waals surface area contributed by atoms with Crippen LogP contribution in [0.1, 0.15) is 39.2 Å². The molecule has 0 bridgehead atoms. The van der Waals surface area contributed by atoms with Gasteiger partial charge >= 0.3 is 0 Å². The first-order chi connectivity index (χ1) is 8.99. The van der Waals surface area contributed by atoms with Crippen molar-refractivity contribution in [2.75, 3.05) is 0 Å². The van der Waals surface area contributed by atoms with Crippen LogP contribution in [0.2, 0.25) is 0 Å². The van der Waals surface area contributed by atoms with E-state index in [4.69, 9.17) is 0 Å².